The number of rotatable bonds is 7. The summed E-state index contributed by atoms with van der Waals surface area (Å²) in [6.45, 7) is 5.60. The second kappa shape index (κ2) is 9.93. The lowest BCUT2D eigenvalue weighted by Gasteiger charge is -2.26. The molecular formula is C18H28N4O2. The minimum atomic E-state index is 0.228. The third-order valence-corrected chi connectivity index (χ3v) is 4.00. The van der Waals surface area contributed by atoms with Crippen molar-refractivity contribution in [2.24, 2.45) is 4.99 Å². The number of hydrogen-bond donors (Lipinski definition) is 2. The Hall–Kier alpha value is -2.08. The van der Waals surface area contributed by atoms with Crippen molar-refractivity contribution in [3.8, 4) is 0 Å². The predicted molar refractivity (Wildman–Crippen MR) is 97.3 cm³/mol. The number of hydrogen-bond acceptors (Lipinski definition) is 3. The molecule has 0 aliphatic carbocycles. The van der Waals surface area contributed by atoms with E-state index < -0.39 is 0 Å². The maximum Gasteiger partial charge on any atom is 0.226 e. The number of carbonyl (C=O) groups excluding carboxylic acids is 1. The van der Waals surface area contributed by atoms with E-state index in [1.54, 1.807) is 7.05 Å². The summed E-state index contributed by atoms with van der Waals surface area (Å²) in [7, 11) is 1.75. The molecule has 1 aromatic carbocycles. The molecule has 2 rings (SSSR count). The minimum Gasteiger partial charge on any atom is -0.380 e. The summed E-state index contributed by atoms with van der Waals surface area (Å²) in [6, 6.07) is 8.15. The molecule has 0 unspecified atom stereocenters. The molecule has 0 atom stereocenters. The normalized spacial score (nSPS) is 15.5. The van der Waals surface area contributed by atoms with Crippen LogP contribution in [0.4, 0.5) is 5.69 Å². The van der Waals surface area contributed by atoms with Gasteiger partial charge in [0.15, 0.2) is 5.96 Å². The van der Waals surface area contributed by atoms with E-state index in [0.29, 0.717) is 19.6 Å². The zero-order valence-electron chi connectivity index (χ0n) is 14.7. The first-order chi connectivity index (χ1) is 11.7. The number of ether oxygens (including phenoxy) is 1. The van der Waals surface area contributed by atoms with Crippen LogP contribution in [0.5, 0.6) is 0 Å². The van der Waals surface area contributed by atoms with Gasteiger partial charge in [-0.3, -0.25) is 9.79 Å². The van der Waals surface area contributed by atoms with E-state index in [2.05, 4.69) is 27.8 Å². The molecule has 1 aliphatic heterocycles. The van der Waals surface area contributed by atoms with Crippen LogP contribution in [-0.4, -0.2) is 45.2 Å². The van der Waals surface area contributed by atoms with Crippen LogP contribution < -0.4 is 15.5 Å². The monoisotopic (exact) mass is 332 g/mol. The van der Waals surface area contributed by atoms with Crippen LogP contribution in [0.25, 0.3) is 0 Å². The Kier molecular flexibility index (Phi) is 7.55. The van der Waals surface area contributed by atoms with Gasteiger partial charge < -0.3 is 20.3 Å². The number of carbonyl (C=O) groups is 1. The Morgan fingerprint density at radius 2 is 2.04 bits per heavy atom. The van der Waals surface area contributed by atoms with Gasteiger partial charge in [0.1, 0.15) is 0 Å². The summed E-state index contributed by atoms with van der Waals surface area (Å²) in [4.78, 5) is 18.0. The van der Waals surface area contributed by atoms with Gasteiger partial charge in [0.25, 0.3) is 0 Å². The van der Waals surface area contributed by atoms with E-state index >= 15 is 0 Å². The Morgan fingerprint density at radius 1 is 1.25 bits per heavy atom. The number of aliphatic imine (C=N–C) groups is 1. The molecule has 1 saturated heterocycles. The van der Waals surface area contributed by atoms with Gasteiger partial charge in [-0.2, -0.15) is 0 Å². The van der Waals surface area contributed by atoms with E-state index in [9.17, 15) is 4.79 Å². The van der Waals surface area contributed by atoms with Crippen molar-refractivity contribution in [2.75, 3.05) is 38.3 Å². The molecule has 1 aromatic rings. The fourth-order valence-electron chi connectivity index (χ4n) is 2.66. The van der Waals surface area contributed by atoms with Gasteiger partial charge >= 0.3 is 0 Å². The van der Waals surface area contributed by atoms with Crippen molar-refractivity contribution < 1.29 is 9.53 Å². The lowest BCUT2D eigenvalue weighted by Crippen LogP contribution is -2.38. The summed E-state index contributed by atoms with van der Waals surface area (Å²) >= 11 is 0. The van der Waals surface area contributed by atoms with Crippen LogP contribution in [-0.2, 0) is 16.1 Å². The van der Waals surface area contributed by atoms with Crippen LogP contribution in [0.3, 0.4) is 0 Å². The maximum absolute atomic E-state index is 12.0. The molecule has 24 heavy (non-hydrogen) atoms. The topological polar surface area (TPSA) is 66.0 Å². The number of nitrogens with one attached hydrogen (secondary N) is 2. The average molecular weight is 332 g/mol. The molecule has 0 bridgehead atoms. The van der Waals surface area contributed by atoms with Gasteiger partial charge in [-0.25, -0.2) is 0 Å². The molecule has 1 heterocycles. The van der Waals surface area contributed by atoms with E-state index in [4.69, 9.17) is 4.74 Å². The molecule has 132 valence electrons. The lowest BCUT2D eigenvalue weighted by molar-refractivity contribution is -0.119. The number of anilines is 1. The Balaban J connectivity index is 1.81. The maximum atomic E-state index is 12.0. The Morgan fingerprint density at radius 3 is 2.71 bits per heavy atom. The van der Waals surface area contributed by atoms with Crippen LogP contribution in [0.15, 0.2) is 29.3 Å². The van der Waals surface area contributed by atoms with E-state index in [-0.39, 0.29) is 5.91 Å². The first-order valence-corrected chi connectivity index (χ1v) is 8.66. The summed E-state index contributed by atoms with van der Waals surface area (Å²) in [5, 5.41) is 6.48. The zero-order chi connectivity index (χ0) is 17.2. The number of nitrogens with zero attached hydrogens (tertiary/aromatic N) is 2. The van der Waals surface area contributed by atoms with Crippen LogP contribution in [0.2, 0.25) is 0 Å². The second-order valence-electron chi connectivity index (χ2n) is 5.72. The third-order valence-electron chi connectivity index (χ3n) is 4.00. The fraction of sp³-hybridized carbons (Fsp3) is 0.556. The first-order valence-electron chi connectivity index (χ1n) is 8.66. The van der Waals surface area contributed by atoms with Crippen molar-refractivity contribution in [3.63, 3.8) is 0 Å². The highest BCUT2D eigenvalue weighted by molar-refractivity contribution is 5.93. The van der Waals surface area contributed by atoms with Gasteiger partial charge in [0.2, 0.25) is 5.91 Å². The minimum absolute atomic E-state index is 0.228. The number of benzene rings is 1. The van der Waals surface area contributed by atoms with E-state index in [1.165, 1.54) is 0 Å². The molecule has 1 fully saturated rings. The predicted octanol–water partition coefficient (Wildman–Crippen LogP) is 1.90. The summed E-state index contributed by atoms with van der Waals surface area (Å²) in [5.74, 6) is 0.982. The van der Waals surface area contributed by atoms with Crippen molar-refractivity contribution in [2.45, 2.75) is 32.7 Å². The molecule has 0 radical (unpaired) electrons. The quantitative estimate of drug-likeness (QED) is 0.455. The summed E-state index contributed by atoms with van der Waals surface area (Å²) < 4.78 is 5.29. The highest BCUT2D eigenvalue weighted by Crippen LogP contribution is 2.21. The summed E-state index contributed by atoms with van der Waals surface area (Å²) in [5.41, 5.74) is 2.14. The van der Waals surface area contributed by atoms with Gasteiger partial charge in [0.05, 0.1) is 6.61 Å². The second-order valence-corrected chi connectivity index (χ2v) is 5.72. The smallest absolute Gasteiger partial charge is 0.226 e. The zero-order valence-corrected chi connectivity index (χ0v) is 14.7. The SMILES string of the molecule is CCOCCNC(=NC)NCc1ccc(N2CCCCC2=O)cc1. The first kappa shape index (κ1) is 18.3. The lowest BCUT2D eigenvalue weighted by atomic mass is 10.1. The van der Waals surface area contributed by atoms with Gasteiger partial charge in [-0.1, -0.05) is 12.1 Å². The van der Waals surface area contributed by atoms with Gasteiger partial charge in [0, 0.05) is 45.4 Å². The van der Waals surface area contributed by atoms with Gasteiger partial charge in [-0.15, -0.1) is 0 Å². The number of guanidine groups is 1. The number of amides is 1. The summed E-state index contributed by atoms with van der Waals surface area (Å²) in [6.07, 6.45) is 2.75. The molecular weight excluding hydrogens is 304 g/mol. The molecule has 6 heteroatoms. The van der Waals surface area contributed by atoms with E-state index in [0.717, 1.165) is 49.7 Å². The molecule has 6 nitrogen and oxygen atoms in total. The standard InChI is InChI=1S/C18H28N4O2/c1-3-24-13-11-20-18(19-2)21-14-15-7-9-16(10-8-15)22-12-5-4-6-17(22)23/h7-10H,3-6,11-14H2,1-2H3,(H2,19,20,21). The third kappa shape index (κ3) is 5.53. The Labute approximate surface area is 144 Å². The van der Waals surface area contributed by atoms with Crippen molar-refractivity contribution in [1.29, 1.82) is 0 Å². The van der Waals surface area contributed by atoms with Crippen molar-refractivity contribution in [1.82, 2.24) is 10.6 Å². The Bertz CT molecular complexity index is 542. The van der Waals surface area contributed by atoms with Crippen molar-refractivity contribution in [3.05, 3.63) is 29.8 Å². The van der Waals surface area contributed by atoms with Crippen molar-refractivity contribution >= 4 is 17.6 Å². The largest absolute Gasteiger partial charge is 0.380 e. The molecule has 0 aromatic heterocycles. The highest BCUT2D eigenvalue weighted by Gasteiger charge is 2.19. The average Bonchev–Trinajstić information content (AvgIpc) is 2.62. The number of piperidine rings is 1. The van der Waals surface area contributed by atoms with Crippen LogP contribution in [0, 0.1) is 0 Å². The van der Waals surface area contributed by atoms with Crippen LogP contribution >= 0.6 is 0 Å². The molecule has 1 aliphatic rings. The highest BCUT2D eigenvalue weighted by atomic mass is 16.5. The molecule has 0 spiro atoms. The van der Waals surface area contributed by atoms with Gasteiger partial charge in [-0.05, 0) is 37.5 Å². The molecule has 1 amide bonds. The van der Waals surface area contributed by atoms with E-state index in [1.807, 2.05) is 24.0 Å². The fourth-order valence-corrected chi connectivity index (χ4v) is 2.66. The molecule has 2 N–H and O–H groups in total. The van der Waals surface area contributed by atoms with Crippen LogP contribution in [0.1, 0.15) is 31.7 Å². The molecule has 0 saturated carbocycles.